The summed E-state index contributed by atoms with van der Waals surface area (Å²) in [7, 11) is 0. The predicted octanol–water partition coefficient (Wildman–Crippen LogP) is 2.14. The summed E-state index contributed by atoms with van der Waals surface area (Å²) in [6.07, 6.45) is 4.10. The molecule has 1 aromatic rings. The highest BCUT2D eigenvalue weighted by molar-refractivity contribution is 5.34. The molecule has 2 heterocycles. The van der Waals surface area contributed by atoms with Gasteiger partial charge in [-0.3, -0.25) is 0 Å². The molecule has 0 bridgehead atoms. The van der Waals surface area contributed by atoms with E-state index < -0.39 is 0 Å². The number of hydrogen-bond acceptors (Lipinski definition) is 2. The highest BCUT2D eigenvalue weighted by atomic mass is 15.1. The Hall–Kier alpha value is -1.25. The lowest BCUT2D eigenvalue weighted by molar-refractivity contribution is 0.719. The molecular formula is C10H17N3. The van der Waals surface area contributed by atoms with Gasteiger partial charge < -0.3 is 9.88 Å². The van der Waals surface area contributed by atoms with Crippen LogP contribution in [0.2, 0.25) is 0 Å². The number of allylic oxidation sites excluding steroid dienone is 1. The number of nitrogens with zero attached hydrogens (tertiary/aromatic N) is 2. The molecule has 0 aliphatic carbocycles. The van der Waals surface area contributed by atoms with E-state index in [4.69, 9.17) is 0 Å². The molecule has 0 saturated carbocycles. The average molecular weight is 179 g/mol. The summed E-state index contributed by atoms with van der Waals surface area (Å²) in [6, 6.07) is 0. The van der Waals surface area contributed by atoms with Crippen LogP contribution < -0.4 is 5.32 Å². The molecule has 0 amide bonds. The summed E-state index contributed by atoms with van der Waals surface area (Å²) in [6.45, 7) is 8.91. The van der Waals surface area contributed by atoms with Crippen molar-refractivity contribution in [2.75, 3.05) is 0 Å². The van der Waals surface area contributed by atoms with Gasteiger partial charge in [-0.25, -0.2) is 4.98 Å². The number of aromatic nitrogens is 2. The van der Waals surface area contributed by atoms with Gasteiger partial charge in [-0.05, 0) is 13.8 Å². The lowest BCUT2D eigenvalue weighted by Gasteiger charge is -2.12. The van der Waals surface area contributed by atoms with Gasteiger partial charge in [0.15, 0.2) is 0 Å². The van der Waals surface area contributed by atoms with Gasteiger partial charge in [0.2, 0.25) is 0 Å². The first-order valence-corrected chi connectivity index (χ1v) is 4.72. The minimum atomic E-state index is 0.843. The Kier molecular flexibility index (Phi) is 3.12. The molecule has 0 aromatic carbocycles. The van der Waals surface area contributed by atoms with Gasteiger partial charge in [0.1, 0.15) is 5.82 Å². The highest BCUT2D eigenvalue weighted by Crippen LogP contribution is 2.09. The normalized spacial score (nSPS) is 13.4. The van der Waals surface area contributed by atoms with Crippen molar-refractivity contribution in [3.8, 4) is 0 Å². The molecule has 3 nitrogen and oxygen atoms in total. The third-order valence-electron chi connectivity index (χ3n) is 1.79. The topological polar surface area (TPSA) is 29.9 Å². The number of rotatable bonds is 0. The molecular weight excluding hydrogens is 162 g/mol. The zero-order valence-corrected chi connectivity index (χ0v) is 8.76. The Balaban J connectivity index is 0.000000396. The maximum Gasteiger partial charge on any atom is 0.132 e. The summed E-state index contributed by atoms with van der Waals surface area (Å²) < 4.78 is 2.07. The molecule has 13 heavy (non-hydrogen) atoms. The van der Waals surface area contributed by atoms with E-state index in [1.54, 1.807) is 0 Å². The summed E-state index contributed by atoms with van der Waals surface area (Å²) in [5, 5.41) is 3.23. The van der Waals surface area contributed by atoms with E-state index in [0.717, 1.165) is 18.1 Å². The molecule has 1 aliphatic heterocycles. The van der Waals surface area contributed by atoms with Crippen molar-refractivity contribution in [3.63, 3.8) is 0 Å². The van der Waals surface area contributed by atoms with E-state index in [1.807, 2.05) is 27.0 Å². The molecule has 1 aliphatic rings. The third-order valence-corrected chi connectivity index (χ3v) is 1.79. The number of nitrogens with one attached hydrogen (secondary N) is 1. The van der Waals surface area contributed by atoms with E-state index >= 15 is 0 Å². The number of aryl methyl sites for hydroxylation is 1. The third kappa shape index (κ3) is 2.11. The second kappa shape index (κ2) is 4.12. The van der Waals surface area contributed by atoms with Gasteiger partial charge in [0, 0.05) is 18.1 Å². The van der Waals surface area contributed by atoms with Gasteiger partial charge in [-0.2, -0.15) is 0 Å². The Labute approximate surface area is 79.5 Å². The van der Waals surface area contributed by atoms with Crippen LogP contribution in [-0.2, 0) is 6.54 Å². The molecule has 0 saturated heterocycles. The lowest BCUT2D eigenvalue weighted by Crippen LogP contribution is -2.18. The lowest BCUT2D eigenvalue weighted by atomic mass is 10.4. The molecule has 0 unspecified atom stereocenters. The van der Waals surface area contributed by atoms with E-state index in [-0.39, 0.29) is 0 Å². The number of hydrogen-bond donors (Lipinski definition) is 1. The first-order valence-electron chi connectivity index (χ1n) is 4.72. The van der Waals surface area contributed by atoms with Crippen molar-refractivity contribution >= 4 is 6.20 Å². The molecule has 3 heteroatoms. The second-order valence-electron chi connectivity index (χ2n) is 2.87. The summed E-state index contributed by atoms with van der Waals surface area (Å²) in [5.41, 5.74) is 2.27. The minimum Gasteiger partial charge on any atom is -0.380 e. The first-order chi connectivity index (χ1) is 6.25. The maximum atomic E-state index is 4.34. The van der Waals surface area contributed by atoms with Gasteiger partial charge in [-0.15, -0.1) is 0 Å². The van der Waals surface area contributed by atoms with Gasteiger partial charge in [0.05, 0.1) is 12.2 Å². The average Bonchev–Trinajstić information content (AvgIpc) is 2.48. The Morgan fingerprint density at radius 1 is 1.38 bits per heavy atom. The van der Waals surface area contributed by atoms with Crippen molar-refractivity contribution in [2.45, 2.75) is 34.2 Å². The quantitative estimate of drug-likeness (QED) is 0.661. The smallest absolute Gasteiger partial charge is 0.132 e. The Bertz CT molecular complexity index is 310. The van der Waals surface area contributed by atoms with Crippen LogP contribution in [0, 0.1) is 6.92 Å². The summed E-state index contributed by atoms with van der Waals surface area (Å²) in [5.74, 6) is 1.09. The van der Waals surface area contributed by atoms with Crippen molar-refractivity contribution in [2.24, 2.45) is 0 Å². The maximum absolute atomic E-state index is 4.34. The Morgan fingerprint density at radius 3 is 2.77 bits per heavy atom. The first kappa shape index (κ1) is 9.84. The number of fused-ring (bicyclic) bond motifs is 1. The molecule has 0 radical (unpaired) electrons. The van der Waals surface area contributed by atoms with E-state index in [2.05, 4.69) is 28.0 Å². The van der Waals surface area contributed by atoms with E-state index in [1.165, 1.54) is 5.70 Å². The van der Waals surface area contributed by atoms with Crippen LogP contribution in [-0.4, -0.2) is 9.55 Å². The van der Waals surface area contributed by atoms with Crippen LogP contribution in [0.15, 0.2) is 11.9 Å². The second-order valence-corrected chi connectivity index (χ2v) is 2.87. The summed E-state index contributed by atoms with van der Waals surface area (Å²) >= 11 is 0. The van der Waals surface area contributed by atoms with E-state index in [9.17, 15) is 0 Å². The van der Waals surface area contributed by atoms with Gasteiger partial charge >= 0.3 is 0 Å². The largest absolute Gasteiger partial charge is 0.380 e. The molecule has 0 atom stereocenters. The fourth-order valence-corrected chi connectivity index (χ4v) is 1.28. The molecule has 72 valence electrons. The van der Waals surface area contributed by atoms with Crippen molar-refractivity contribution in [3.05, 3.63) is 23.4 Å². The van der Waals surface area contributed by atoms with Crippen LogP contribution in [0.3, 0.4) is 0 Å². The van der Waals surface area contributed by atoms with Crippen LogP contribution in [0.1, 0.15) is 32.3 Å². The Morgan fingerprint density at radius 2 is 2.08 bits per heavy atom. The minimum absolute atomic E-state index is 0.843. The summed E-state index contributed by atoms with van der Waals surface area (Å²) in [4.78, 5) is 4.34. The van der Waals surface area contributed by atoms with Crippen molar-refractivity contribution in [1.82, 2.24) is 14.9 Å². The van der Waals surface area contributed by atoms with Crippen molar-refractivity contribution < 1.29 is 0 Å². The molecule has 0 fully saturated rings. The van der Waals surface area contributed by atoms with Gasteiger partial charge in [0.25, 0.3) is 0 Å². The molecule has 0 spiro atoms. The molecule has 2 rings (SSSR count). The van der Waals surface area contributed by atoms with Crippen molar-refractivity contribution in [1.29, 1.82) is 0 Å². The fourth-order valence-electron chi connectivity index (χ4n) is 1.28. The van der Waals surface area contributed by atoms with Crippen LogP contribution in [0.5, 0.6) is 0 Å². The van der Waals surface area contributed by atoms with E-state index in [0.29, 0.717) is 0 Å². The molecule has 1 aromatic heterocycles. The van der Waals surface area contributed by atoms with Crippen LogP contribution >= 0.6 is 0 Å². The standard InChI is InChI=1S/C8H11N3.C2H6/c1-6-4-11-5-7(2)10-8(11)3-9-6;1-2/h4-5,9H,3H2,1-2H3;1-2H3. The zero-order chi connectivity index (χ0) is 9.84. The zero-order valence-electron chi connectivity index (χ0n) is 8.76. The number of imidazole rings is 1. The van der Waals surface area contributed by atoms with Gasteiger partial charge in [-0.1, -0.05) is 13.8 Å². The SMILES string of the molecule is CC.CC1=Cn2cc(C)nc2CN1. The van der Waals surface area contributed by atoms with Crippen LogP contribution in [0.4, 0.5) is 0 Å². The highest BCUT2D eigenvalue weighted by Gasteiger charge is 2.07. The monoisotopic (exact) mass is 179 g/mol. The fraction of sp³-hybridized carbons (Fsp3) is 0.500. The predicted molar refractivity (Wildman–Crippen MR) is 55.1 cm³/mol. The molecule has 1 N–H and O–H groups in total. The van der Waals surface area contributed by atoms with Crippen LogP contribution in [0.25, 0.3) is 6.20 Å².